The van der Waals surface area contributed by atoms with E-state index < -0.39 is 0 Å². The quantitative estimate of drug-likeness (QED) is 0.530. The Morgan fingerprint density at radius 1 is 1.18 bits per heavy atom. The predicted molar refractivity (Wildman–Crippen MR) is 135 cm³/mol. The first-order chi connectivity index (χ1) is 16.4. The van der Waals surface area contributed by atoms with Gasteiger partial charge in [-0.1, -0.05) is 0 Å². The molecule has 0 atom stereocenters. The van der Waals surface area contributed by atoms with Gasteiger partial charge in [0.25, 0.3) is 0 Å². The van der Waals surface area contributed by atoms with Crippen molar-refractivity contribution in [1.82, 2.24) is 30.6 Å². The van der Waals surface area contributed by atoms with E-state index in [4.69, 9.17) is 9.15 Å². The second-order valence-corrected chi connectivity index (χ2v) is 9.37. The van der Waals surface area contributed by atoms with Gasteiger partial charge in [0.1, 0.15) is 5.75 Å². The normalized spacial score (nSPS) is 17.3. The number of piperazine rings is 1. The molecule has 0 saturated carbocycles. The van der Waals surface area contributed by atoms with E-state index in [9.17, 15) is 4.79 Å². The maximum absolute atomic E-state index is 12.4. The molecule has 0 bridgehead atoms. The molecule has 0 spiro atoms. The SMILES string of the molecule is CNCc1nnc(C(=O)N2CCN(CC3CCNCC3)CC2)o1.COc1cc(C)c(S)c(C)c1. The second kappa shape index (κ2) is 13.1. The number of piperidine rings is 1. The third-order valence-electron chi connectivity index (χ3n) is 6.31. The Bertz CT molecular complexity index is 900. The van der Waals surface area contributed by atoms with Crippen LogP contribution in [0.2, 0.25) is 0 Å². The summed E-state index contributed by atoms with van der Waals surface area (Å²) in [6.07, 6.45) is 2.52. The summed E-state index contributed by atoms with van der Waals surface area (Å²) in [4.78, 5) is 17.7. The summed E-state index contributed by atoms with van der Waals surface area (Å²) in [7, 11) is 3.47. The maximum Gasteiger partial charge on any atom is 0.311 e. The number of hydrogen-bond donors (Lipinski definition) is 3. The van der Waals surface area contributed by atoms with Crippen LogP contribution in [0.15, 0.2) is 21.4 Å². The van der Waals surface area contributed by atoms with Crippen LogP contribution >= 0.6 is 12.6 Å². The van der Waals surface area contributed by atoms with Crippen LogP contribution < -0.4 is 15.4 Å². The highest BCUT2D eigenvalue weighted by Crippen LogP contribution is 2.23. The molecule has 2 aromatic rings. The Balaban J connectivity index is 0.000000248. The van der Waals surface area contributed by atoms with Gasteiger partial charge in [-0.3, -0.25) is 9.69 Å². The number of nitrogens with one attached hydrogen (secondary N) is 2. The summed E-state index contributed by atoms with van der Waals surface area (Å²) in [6, 6.07) is 3.96. The van der Waals surface area contributed by atoms with Gasteiger partial charge in [-0.15, -0.1) is 22.8 Å². The van der Waals surface area contributed by atoms with E-state index in [1.54, 1.807) is 14.2 Å². The van der Waals surface area contributed by atoms with Crippen LogP contribution in [0.1, 0.15) is 40.5 Å². The third kappa shape index (κ3) is 7.43. The summed E-state index contributed by atoms with van der Waals surface area (Å²) in [6.45, 7) is 11.3. The number of aromatic nitrogens is 2. The number of rotatable bonds is 6. The summed E-state index contributed by atoms with van der Waals surface area (Å²) < 4.78 is 10.5. The zero-order valence-electron chi connectivity index (χ0n) is 20.8. The molecule has 2 aliphatic heterocycles. The lowest BCUT2D eigenvalue weighted by Gasteiger charge is -2.36. The predicted octanol–water partition coefficient (Wildman–Crippen LogP) is 2.15. The van der Waals surface area contributed by atoms with E-state index >= 15 is 0 Å². The van der Waals surface area contributed by atoms with Crippen molar-refractivity contribution in [3.05, 3.63) is 35.0 Å². The molecule has 188 valence electrons. The Hall–Kier alpha value is -2.14. The van der Waals surface area contributed by atoms with E-state index in [1.165, 1.54) is 12.8 Å². The van der Waals surface area contributed by atoms with Crippen molar-refractivity contribution in [2.24, 2.45) is 5.92 Å². The van der Waals surface area contributed by atoms with Gasteiger partial charge in [-0.25, -0.2) is 0 Å². The van der Waals surface area contributed by atoms with Gasteiger partial charge >= 0.3 is 11.8 Å². The van der Waals surface area contributed by atoms with Crippen LogP contribution in [0, 0.1) is 19.8 Å². The second-order valence-electron chi connectivity index (χ2n) is 8.93. The van der Waals surface area contributed by atoms with Gasteiger partial charge in [0.2, 0.25) is 5.89 Å². The highest BCUT2D eigenvalue weighted by Gasteiger charge is 2.27. The Morgan fingerprint density at radius 2 is 1.82 bits per heavy atom. The number of hydrogen-bond acceptors (Lipinski definition) is 9. The molecule has 1 aromatic carbocycles. The number of carbonyl (C=O) groups excluding carboxylic acids is 1. The largest absolute Gasteiger partial charge is 0.497 e. The molecule has 2 aliphatic rings. The molecule has 0 aliphatic carbocycles. The first-order valence-electron chi connectivity index (χ1n) is 11.9. The minimum atomic E-state index is -0.152. The van der Waals surface area contributed by atoms with Crippen molar-refractivity contribution in [2.75, 3.05) is 60.0 Å². The molecule has 1 aromatic heterocycles. The monoisotopic (exact) mass is 490 g/mol. The van der Waals surface area contributed by atoms with Crippen LogP contribution in [0.4, 0.5) is 0 Å². The van der Waals surface area contributed by atoms with Gasteiger partial charge in [-0.2, -0.15) is 0 Å². The van der Waals surface area contributed by atoms with Crippen molar-refractivity contribution in [2.45, 2.75) is 38.1 Å². The molecular weight excluding hydrogens is 452 g/mol. The first-order valence-corrected chi connectivity index (χ1v) is 12.4. The van der Waals surface area contributed by atoms with Gasteiger partial charge < -0.3 is 24.7 Å². The summed E-state index contributed by atoms with van der Waals surface area (Å²) in [5.74, 6) is 2.08. The average molecular weight is 491 g/mol. The van der Waals surface area contributed by atoms with Crippen molar-refractivity contribution >= 4 is 18.5 Å². The highest BCUT2D eigenvalue weighted by molar-refractivity contribution is 7.80. The number of carbonyl (C=O) groups is 1. The molecule has 2 fully saturated rings. The zero-order valence-corrected chi connectivity index (χ0v) is 21.7. The van der Waals surface area contributed by atoms with Gasteiger partial charge in [0, 0.05) is 37.6 Å². The lowest BCUT2D eigenvalue weighted by atomic mass is 9.97. The van der Waals surface area contributed by atoms with Crippen molar-refractivity contribution in [3.63, 3.8) is 0 Å². The molecular formula is C24H38N6O3S. The Morgan fingerprint density at radius 3 is 2.41 bits per heavy atom. The fourth-order valence-electron chi connectivity index (χ4n) is 4.29. The molecule has 0 radical (unpaired) electrons. The molecule has 1 amide bonds. The number of ether oxygens (including phenoxy) is 1. The van der Waals surface area contributed by atoms with E-state index in [0.717, 1.165) is 73.5 Å². The van der Waals surface area contributed by atoms with Crippen LogP contribution in [0.5, 0.6) is 5.75 Å². The smallest absolute Gasteiger partial charge is 0.311 e. The van der Waals surface area contributed by atoms with E-state index in [0.29, 0.717) is 12.4 Å². The number of thiol groups is 1. The topological polar surface area (TPSA) is 95.8 Å². The fraction of sp³-hybridized carbons (Fsp3) is 0.625. The Labute approximate surface area is 208 Å². The number of nitrogens with zero attached hydrogens (tertiary/aromatic N) is 4. The van der Waals surface area contributed by atoms with Gasteiger partial charge in [-0.05, 0) is 76.0 Å². The molecule has 4 rings (SSSR count). The van der Waals surface area contributed by atoms with Crippen molar-refractivity contribution in [3.8, 4) is 5.75 Å². The standard InChI is InChI=1S/C15H26N6O2.C9H12OS/c1-16-10-13-18-19-14(23-13)15(22)21-8-6-20(7-9-21)11-12-2-4-17-5-3-12;1-6-4-8(10-3)5-7(2)9(6)11/h12,16-17H,2-11H2,1H3;4-5,11H,1-3H3. The van der Waals surface area contributed by atoms with Gasteiger partial charge in [0.15, 0.2) is 0 Å². The first kappa shape index (κ1) is 26.5. The number of aryl methyl sites for hydroxylation is 2. The number of benzene rings is 1. The van der Waals surface area contributed by atoms with E-state index in [-0.39, 0.29) is 11.8 Å². The fourth-order valence-corrected chi connectivity index (χ4v) is 4.42. The van der Waals surface area contributed by atoms with Crippen LogP contribution in [0.25, 0.3) is 0 Å². The van der Waals surface area contributed by atoms with Crippen LogP contribution in [-0.2, 0) is 6.54 Å². The molecule has 9 nitrogen and oxygen atoms in total. The van der Waals surface area contributed by atoms with Crippen molar-refractivity contribution in [1.29, 1.82) is 0 Å². The van der Waals surface area contributed by atoms with E-state index in [1.807, 2.05) is 30.9 Å². The number of amides is 1. The minimum absolute atomic E-state index is 0.0991. The molecule has 34 heavy (non-hydrogen) atoms. The molecule has 10 heteroatoms. The molecule has 0 unspecified atom stereocenters. The number of methoxy groups -OCH3 is 1. The third-order valence-corrected chi connectivity index (χ3v) is 7.02. The lowest BCUT2D eigenvalue weighted by molar-refractivity contribution is 0.0569. The molecule has 3 heterocycles. The molecule has 2 saturated heterocycles. The summed E-state index contributed by atoms with van der Waals surface area (Å²) >= 11 is 4.34. The van der Waals surface area contributed by atoms with E-state index in [2.05, 4.69) is 38.4 Å². The van der Waals surface area contributed by atoms with Crippen LogP contribution in [-0.4, -0.2) is 85.9 Å². The average Bonchev–Trinajstić information content (AvgIpc) is 3.32. The summed E-state index contributed by atoms with van der Waals surface area (Å²) in [5.41, 5.74) is 2.32. The lowest BCUT2D eigenvalue weighted by Crippen LogP contribution is -2.50. The Kier molecular flexibility index (Phi) is 10.2. The maximum atomic E-state index is 12.4. The van der Waals surface area contributed by atoms with Crippen LogP contribution in [0.3, 0.4) is 0 Å². The van der Waals surface area contributed by atoms with Crippen molar-refractivity contribution < 1.29 is 13.9 Å². The molecule has 2 N–H and O–H groups in total. The zero-order chi connectivity index (χ0) is 24.5. The summed E-state index contributed by atoms with van der Waals surface area (Å²) in [5, 5.41) is 14.1. The van der Waals surface area contributed by atoms with Gasteiger partial charge in [0.05, 0.1) is 13.7 Å². The minimum Gasteiger partial charge on any atom is -0.497 e. The highest BCUT2D eigenvalue weighted by atomic mass is 32.1.